The molecule has 1 aromatic heterocycles. The van der Waals surface area contributed by atoms with Gasteiger partial charge in [-0.05, 0) is 13.0 Å². The van der Waals surface area contributed by atoms with Gasteiger partial charge in [0.05, 0.1) is 25.2 Å². The number of rotatable bonds is 2. The summed E-state index contributed by atoms with van der Waals surface area (Å²) in [6, 6.07) is 1.84. The van der Waals surface area contributed by atoms with Gasteiger partial charge >= 0.3 is 7.12 Å². The highest BCUT2D eigenvalue weighted by Crippen LogP contribution is 2.18. The zero-order chi connectivity index (χ0) is 10.8. The van der Waals surface area contributed by atoms with Gasteiger partial charge in [-0.2, -0.15) is 0 Å². The maximum absolute atomic E-state index is 5.54. The van der Waals surface area contributed by atoms with E-state index in [1.54, 1.807) is 19.5 Å². The first-order valence-corrected chi connectivity index (χ1v) is 4.70. The normalized spacial score (nSPS) is 20.3. The fourth-order valence-electron chi connectivity index (χ4n) is 1.35. The minimum atomic E-state index is -0.421. The maximum Gasteiger partial charge on any atom is 0.564 e. The van der Waals surface area contributed by atoms with Crippen molar-refractivity contribution in [2.75, 3.05) is 7.11 Å². The van der Waals surface area contributed by atoms with Crippen molar-refractivity contribution in [2.45, 2.75) is 13.0 Å². The molecule has 0 bridgehead atoms. The molecule has 1 atom stereocenters. The molecule has 1 unspecified atom stereocenters. The van der Waals surface area contributed by atoms with Crippen LogP contribution in [0.5, 0.6) is 5.75 Å². The minimum Gasteiger partial charge on any atom is -0.534 e. The highest BCUT2D eigenvalue weighted by molar-refractivity contribution is 6.62. The first kappa shape index (κ1) is 10.0. The monoisotopic (exact) mass is 205 g/mol. The van der Waals surface area contributed by atoms with Crippen LogP contribution in [-0.2, 0) is 9.31 Å². The van der Waals surface area contributed by atoms with Crippen molar-refractivity contribution >= 4 is 12.6 Å². The minimum absolute atomic E-state index is 0.0822. The summed E-state index contributed by atoms with van der Waals surface area (Å²) >= 11 is 0. The van der Waals surface area contributed by atoms with Crippen LogP contribution in [0, 0.1) is 0 Å². The first-order chi connectivity index (χ1) is 7.20. The molecule has 0 N–H and O–H groups in total. The molecular weight excluding hydrogens is 193 g/mol. The standard InChI is InChI=1S/C10H12BNO3/c1-7-8(2)15-11(14-7)9-4-10(13-3)6-12-5-9/h4-6,8H,1H2,2-3H3. The maximum atomic E-state index is 5.54. The highest BCUT2D eigenvalue weighted by atomic mass is 16.6. The summed E-state index contributed by atoms with van der Waals surface area (Å²) in [5.41, 5.74) is 0.833. The lowest BCUT2D eigenvalue weighted by Gasteiger charge is -2.05. The van der Waals surface area contributed by atoms with Gasteiger partial charge in [0.1, 0.15) is 5.75 Å². The van der Waals surface area contributed by atoms with Crippen molar-refractivity contribution < 1.29 is 14.0 Å². The lowest BCUT2D eigenvalue weighted by molar-refractivity contribution is 0.291. The summed E-state index contributed by atoms with van der Waals surface area (Å²) in [5.74, 6) is 1.33. The van der Waals surface area contributed by atoms with Crippen LogP contribution >= 0.6 is 0 Å². The van der Waals surface area contributed by atoms with E-state index in [2.05, 4.69) is 11.6 Å². The molecule has 0 amide bonds. The molecule has 1 fully saturated rings. The van der Waals surface area contributed by atoms with Gasteiger partial charge in [0.15, 0.2) is 0 Å². The Balaban J connectivity index is 2.19. The molecule has 5 heteroatoms. The topological polar surface area (TPSA) is 40.6 Å². The second-order valence-corrected chi connectivity index (χ2v) is 3.35. The Morgan fingerprint density at radius 2 is 2.33 bits per heavy atom. The molecule has 0 aliphatic carbocycles. The SMILES string of the molecule is C=C1OB(c2cncc(OC)c2)OC1C. The van der Waals surface area contributed by atoms with Crippen molar-refractivity contribution in [3.63, 3.8) is 0 Å². The fourth-order valence-corrected chi connectivity index (χ4v) is 1.35. The van der Waals surface area contributed by atoms with Gasteiger partial charge in [0.25, 0.3) is 0 Å². The summed E-state index contributed by atoms with van der Waals surface area (Å²) < 4.78 is 16.1. The number of nitrogens with zero attached hydrogens (tertiary/aromatic N) is 1. The van der Waals surface area contributed by atoms with Crippen LogP contribution in [0.3, 0.4) is 0 Å². The molecule has 78 valence electrons. The van der Waals surface area contributed by atoms with Gasteiger partial charge in [-0.3, -0.25) is 4.98 Å². The number of ether oxygens (including phenoxy) is 1. The van der Waals surface area contributed by atoms with Crippen molar-refractivity contribution in [2.24, 2.45) is 0 Å². The van der Waals surface area contributed by atoms with Gasteiger partial charge < -0.3 is 14.0 Å². The predicted molar refractivity (Wildman–Crippen MR) is 56.9 cm³/mol. The zero-order valence-electron chi connectivity index (χ0n) is 8.77. The van der Waals surface area contributed by atoms with Gasteiger partial charge in [-0.1, -0.05) is 6.58 Å². The zero-order valence-corrected chi connectivity index (χ0v) is 8.77. The molecular formula is C10H12BNO3. The number of hydrogen-bond donors (Lipinski definition) is 0. The van der Waals surface area contributed by atoms with Crippen molar-refractivity contribution in [1.82, 2.24) is 4.98 Å². The number of methoxy groups -OCH3 is 1. The van der Waals surface area contributed by atoms with Crippen LogP contribution in [0.15, 0.2) is 30.8 Å². The van der Waals surface area contributed by atoms with Gasteiger partial charge in [-0.25, -0.2) is 0 Å². The summed E-state index contributed by atoms with van der Waals surface area (Å²) in [6.45, 7) is 5.65. The summed E-state index contributed by atoms with van der Waals surface area (Å²) in [7, 11) is 1.17. The van der Waals surface area contributed by atoms with E-state index in [1.807, 2.05) is 13.0 Å². The van der Waals surface area contributed by atoms with Gasteiger partial charge in [0.2, 0.25) is 0 Å². The smallest absolute Gasteiger partial charge is 0.534 e. The summed E-state index contributed by atoms with van der Waals surface area (Å²) in [6.07, 6.45) is 3.25. The van der Waals surface area contributed by atoms with Gasteiger partial charge in [0, 0.05) is 11.7 Å². The predicted octanol–water partition coefficient (Wildman–Crippen LogP) is 0.734. The second kappa shape index (κ2) is 3.94. The summed E-state index contributed by atoms with van der Waals surface area (Å²) in [4.78, 5) is 4.04. The average molecular weight is 205 g/mol. The second-order valence-electron chi connectivity index (χ2n) is 3.35. The largest absolute Gasteiger partial charge is 0.564 e. The fraction of sp³-hybridized carbons (Fsp3) is 0.300. The van der Waals surface area contributed by atoms with E-state index in [0.717, 1.165) is 5.46 Å². The Labute approximate surface area is 89.0 Å². The van der Waals surface area contributed by atoms with Crippen LogP contribution in [0.25, 0.3) is 0 Å². The Morgan fingerprint density at radius 3 is 2.93 bits per heavy atom. The Bertz CT molecular complexity index is 383. The van der Waals surface area contributed by atoms with Crippen LogP contribution in [0.4, 0.5) is 0 Å². The van der Waals surface area contributed by atoms with Crippen LogP contribution in [-0.4, -0.2) is 25.3 Å². The van der Waals surface area contributed by atoms with E-state index in [-0.39, 0.29) is 6.10 Å². The van der Waals surface area contributed by atoms with Crippen LogP contribution < -0.4 is 10.2 Å². The molecule has 4 nitrogen and oxygen atoms in total. The molecule has 2 rings (SSSR count). The molecule has 1 aromatic rings. The van der Waals surface area contributed by atoms with Crippen LogP contribution in [0.1, 0.15) is 6.92 Å². The van der Waals surface area contributed by atoms with E-state index in [1.165, 1.54) is 0 Å². The Hall–Kier alpha value is -1.49. The number of hydrogen-bond acceptors (Lipinski definition) is 4. The van der Waals surface area contributed by atoms with Gasteiger partial charge in [-0.15, -0.1) is 0 Å². The molecule has 0 aromatic carbocycles. The number of pyridine rings is 1. The first-order valence-electron chi connectivity index (χ1n) is 4.70. The van der Waals surface area contributed by atoms with E-state index in [0.29, 0.717) is 11.5 Å². The Morgan fingerprint density at radius 1 is 1.53 bits per heavy atom. The third kappa shape index (κ3) is 1.97. The van der Waals surface area contributed by atoms with Crippen molar-refractivity contribution in [3.05, 3.63) is 30.8 Å². The molecule has 0 spiro atoms. The lowest BCUT2D eigenvalue weighted by Crippen LogP contribution is -2.32. The summed E-state index contributed by atoms with van der Waals surface area (Å²) in [5, 5.41) is 0. The molecule has 15 heavy (non-hydrogen) atoms. The molecule has 0 saturated carbocycles. The average Bonchev–Trinajstić information content (AvgIpc) is 2.59. The third-order valence-corrected chi connectivity index (χ3v) is 2.28. The van der Waals surface area contributed by atoms with E-state index in [9.17, 15) is 0 Å². The molecule has 1 saturated heterocycles. The van der Waals surface area contributed by atoms with E-state index < -0.39 is 7.12 Å². The third-order valence-electron chi connectivity index (χ3n) is 2.28. The van der Waals surface area contributed by atoms with Crippen molar-refractivity contribution in [1.29, 1.82) is 0 Å². The molecule has 0 radical (unpaired) electrons. The molecule has 2 heterocycles. The Kier molecular flexibility index (Phi) is 2.64. The van der Waals surface area contributed by atoms with Crippen molar-refractivity contribution in [3.8, 4) is 5.75 Å². The highest BCUT2D eigenvalue weighted by Gasteiger charge is 2.35. The van der Waals surface area contributed by atoms with E-state index in [4.69, 9.17) is 14.0 Å². The number of aromatic nitrogens is 1. The quantitative estimate of drug-likeness (QED) is 0.667. The van der Waals surface area contributed by atoms with E-state index >= 15 is 0 Å². The van der Waals surface area contributed by atoms with Crippen LogP contribution in [0.2, 0.25) is 0 Å². The lowest BCUT2D eigenvalue weighted by atomic mass is 9.80. The molecule has 1 aliphatic heterocycles. The molecule has 1 aliphatic rings.